The number of aliphatic hydroxyl groups excluding tert-OH is 4. The lowest BCUT2D eigenvalue weighted by atomic mass is 9.85. The Labute approximate surface area is 138 Å². The molecule has 142 valence electrons. The van der Waals surface area contributed by atoms with E-state index >= 15 is 0 Å². The zero-order valence-corrected chi connectivity index (χ0v) is 13.0. The molecule has 0 aromatic heterocycles. The molecule has 24 heavy (non-hydrogen) atoms. The average molecular weight is 355 g/mol. The van der Waals surface area contributed by atoms with E-state index in [9.17, 15) is 19.7 Å². The van der Waals surface area contributed by atoms with Crippen LogP contribution in [-0.2, 0) is 14.2 Å². The van der Waals surface area contributed by atoms with Crippen molar-refractivity contribution in [3.63, 3.8) is 0 Å². The van der Waals surface area contributed by atoms with Gasteiger partial charge in [0.15, 0.2) is 19.3 Å². The van der Waals surface area contributed by atoms with Crippen LogP contribution in [-0.4, -0.2) is 94.9 Å². The lowest BCUT2D eigenvalue weighted by Gasteiger charge is -2.41. The van der Waals surface area contributed by atoms with Gasteiger partial charge in [0, 0.05) is 12.1 Å². The third-order valence-electron chi connectivity index (χ3n) is 4.48. The summed E-state index contributed by atoms with van der Waals surface area (Å²) >= 11 is 0. The van der Waals surface area contributed by atoms with E-state index in [4.69, 9.17) is 36.5 Å². The monoisotopic (exact) mass is 355 g/mol. The molecular weight excluding hydrogens is 329 g/mol. The first-order valence-corrected chi connectivity index (χ1v) is 7.72. The van der Waals surface area contributed by atoms with E-state index < -0.39 is 74.5 Å². The Morgan fingerprint density at radius 1 is 1.00 bits per heavy atom. The average Bonchev–Trinajstić information content (AvgIpc) is 2.55. The van der Waals surface area contributed by atoms with E-state index in [1.165, 1.54) is 0 Å². The van der Waals surface area contributed by atoms with Gasteiger partial charge in [-0.3, -0.25) is 0 Å². The molecule has 0 spiro atoms. The first-order chi connectivity index (χ1) is 11.3. The van der Waals surface area contributed by atoms with Gasteiger partial charge in [-0.25, -0.2) is 4.39 Å². The van der Waals surface area contributed by atoms with Crippen LogP contribution in [0.3, 0.4) is 0 Å². The van der Waals surface area contributed by atoms with Crippen LogP contribution in [0.25, 0.3) is 0 Å². The summed E-state index contributed by atoms with van der Waals surface area (Å²) in [5.74, 6) is 0. The highest BCUT2D eigenvalue weighted by Crippen LogP contribution is 2.25. The van der Waals surface area contributed by atoms with E-state index in [1.54, 1.807) is 0 Å². The Bertz CT molecular complexity index is 408. The fourth-order valence-electron chi connectivity index (χ4n) is 2.91. The number of ether oxygens (including phenoxy) is 3. The lowest BCUT2D eigenvalue weighted by Crippen LogP contribution is -2.63. The van der Waals surface area contributed by atoms with Gasteiger partial charge >= 0.3 is 0 Å². The van der Waals surface area contributed by atoms with E-state index in [1.807, 2.05) is 0 Å². The number of nitrogens with two attached hydrogens (primary N) is 3. The molecule has 10 nitrogen and oxygen atoms in total. The maximum atomic E-state index is 14.1. The van der Waals surface area contributed by atoms with Gasteiger partial charge in [-0.2, -0.15) is 0 Å². The van der Waals surface area contributed by atoms with Gasteiger partial charge in [0.2, 0.25) is 0 Å². The molecule has 0 bridgehead atoms. The van der Waals surface area contributed by atoms with E-state index in [0.717, 1.165) is 0 Å². The summed E-state index contributed by atoms with van der Waals surface area (Å²) in [6, 6.07) is -2.49. The summed E-state index contributed by atoms with van der Waals surface area (Å²) in [7, 11) is 0. The van der Waals surface area contributed by atoms with Gasteiger partial charge in [-0.1, -0.05) is 0 Å². The Morgan fingerprint density at radius 2 is 1.67 bits per heavy atom. The van der Waals surface area contributed by atoms with Gasteiger partial charge < -0.3 is 51.8 Å². The molecule has 1 aliphatic heterocycles. The minimum Gasteiger partial charge on any atom is -0.394 e. The summed E-state index contributed by atoms with van der Waals surface area (Å²) in [6.07, 6.45) is -9.23. The second-order valence-corrected chi connectivity index (χ2v) is 6.20. The van der Waals surface area contributed by atoms with Crippen molar-refractivity contribution < 1.29 is 39.0 Å². The predicted octanol–water partition coefficient (Wildman–Crippen LogP) is -4.13. The highest BCUT2D eigenvalue weighted by molar-refractivity contribution is 4.97. The topological polar surface area (TPSA) is 187 Å². The van der Waals surface area contributed by atoms with Crippen LogP contribution in [0, 0.1) is 0 Å². The van der Waals surface area contributed by atoms with Crippen molar-refractivity contribution in [3.05, 3.63) is 0 Å². The molecule has 0 aromatic carbocycles. The van der Waals surface area contributed by atoms with Crippen LogP contribution < -0.4 is 17.2 Å². The van der Waals surface area contributed by atoms with Crippen molar-refractivity contribution in [2.75, 3.05) is 13.4 Å². The summed E-state index contributed by atoms with van der Waals surface area (Å²) in [5, 5.41) is 38.5. The highest BCUT2D eigenvalue weighted by atomic mass is 19.1. The molecule has 6 unspecified atom stereocenters. The second-order valence-electron chi connectivity index (χ2n) is 6.20. The molecule has 2 aliphatic rings. The quantitative estimate of drug-likeness (QED) is 0.239. The Morgan fingerprint density at radius 3 is 2.29 bits per heavy atom. The molecule has 10 N–H and O–H groups in total. The van der Waals surface area contributed by atoms with Crippen molar-refractivity contribution in [1.82, 2.24) is 0 Å². The van der Waals surface area contributed by atoms with E-state index in [2.05, 4.69) is 0 Å². The minimum atomic E-state index is -1.78. The van der Waals surface area contributed by atoms with Crippen molar-refractivity contribution >= 4 is 0 Å². The number of halogens is 1. The van der Waals surface area contributed by atoms with Crippen molar-refractivity contribution in [1.29, 1.82) is 0 Å². The summed E-state index contributed by atoms with van der Waals surface area (Å²) in [4.78, 5) is 0. The van der Waals surface area contributed by atoms with E-state index in [0.29, 0.717) is 0 Å². The maximum absolute atomic E-state index is 14.1. The number of hydrogen-bond acceptors (Lipinski definition) is 10. The van der Waals surface area contributed by atoms with Gasteiger partial charge in [-0.05, 0) is 6.42 Å². The first-order valence-electron chi connectivity index (χ1n) is 7.72. The highest BCUT2D eigenvalue weighted by Gasteiger charge is 2.45. The molecule has 2 fully saturated rings. The van der Waals surface area contributed by atoms with E-state index in [-0.39, 0.29) is 6.42 Å². The first kappa shape index (κ1) is 19.8. The van der Waals surface area contributed by atoms with Crippen LogP contribution in [0.15, 0.2) is 0 Å². The molecule has 0 amide bonds. The molecule has 0 aromatic rings. The van der Waals surface area contributed by atoms with Gasteiger partial charge in [0.05, 0.1) is 12.6 Å². The van der Waals surface area contributed by atoms with Gasteiger partial charge in [0.1, 0.15) is 30.5 Å². The number of alkyl halides is 1. The summed E-state index contributed by atoms with van der Waals surface area (Å²) in [5.41, 5.74) is 16.9. The van der Waals surface area contributed by atoms with Crippen LogP contribution in [0.4, 0.5) is 4.39 Å². The molecule has 0 radical (unpaired) electrons. The van der Waals surface area contributed by atoms with Crippen molar-refractivity contribution in [2.45, 2.75) is 67.5 Å². The maximum Gasteiger partial charge on any atom is 0.189 e. The lowest BCUT2D eigenvalue weighted by molar-refractivity contribution is -0.303. The Hall–Kier alpha value is -0.470. The normalized spacial score (nSPS) is 50.0. The molecule has 11 heteroatoms. The van der Waals surface area contributed by atoms with Crippen LogP contribution >= 0.6 is 0 Å². The zero-order chi connectivity index (χ0) is 18.0. The number of aliphatic hydroxyl groups is 4. The SMILES string of the molecule is NC1C[C@@H](N)C(O)C(F)[C@@H]1OCO[C@H]1OC(CO)[C@@H](N)C(O)C1O. The Kier molecular flexibility index (Phi) is 6.84. The number of hydrogen-bond donors (Lipinski definition) is 7. The van der Waals surface area contributed by atoms with Crippen molar-refractivity contribution in [3.8, 4) is 0 Å². The van der Waals surface area contributed by atoms with Crippen LogP contribution in [0.5, 0.6) is 0 Å². The summed E-state index contributed by atoms with van der Waals surface area (Å²) < 4.78 is 29.6. The summed E-state index contributed by atoms with van der Waals surface area (Å²) in [6.45, 7) is -0.988. The molecule has 1 aliphatic carbocycles. The fourth-order valence-corrected chi connectivity index (χ4v) is 2.91. The molecule has 2 rings (SSSR count). The molecule has 1 saturated heterocycles. The fraction of sp³-hybridized carbons (Fsp3) is 1.00. The largest absolute Gasteiger partial charge is 0.394 e. The molecule has 1 heterocycles. The van der Waals surface area contributed by atoms with Gasteiger partial charge in [-0.15, -0.1) is 0 Å². The van der Waals surface area contributed by atoms with Crippen LogP contribution in [0.2, 0.25) is 0 Å². The smallest absolute Gasteiger partial charge is 0.189 e. The standard InChI is InChI=1S/C13H26FN3O7/c14-7-9(19)4(15)1-5(16)12(7)22-3-23-13-11(21)10(20)8(17)6(2-18)24-13/h4-13,18-21H,1-3,15-17H2/t4-,5?,6?,7?,8-,9?,10?,11?,12-,13+/m1/s1. The molecule has 10 atom stereocenters. The third kappa shape index (κ3) is 4.02. The second kappa shape index (κ2) is 8.27. The van der Waals surface area contributed by atoms with Crippen molar-refractivity contribution in [2.24, 2.45) is 17.2 Å². The predicted molar refractivity (Wildman–Crippen MR) is 78.0 cm³/mol. The zero-order valence-electron chi connectivity index (χ0n) is 13.0. The van der Waals surface area contributed by atoms with Crippen LogP contribution in [0.1, 0.15) is 6.42 Å². The number of rotatable bonds is 5. The Balaban J connectivity index is 1.86. The molecular formula is C13H26FN3O7. The molecule has 1 saturated carbocycles. The van der Waals surface area contributed by atoms with Gasteiger partial charge in [0.25, 0.3) is 0 Å². The third-order valence-corrected chi connectivity index (χ3v) is 4.48. The minimum absolute atomic E-state index is 0.176.